The van der Waals surface area contributed by atoms with Crippen LogP contribution in [0.15, 0.2) is 65.5 Å². The zero-order valence-corrected chi connectivity index (χ0v) is 15.2. The molecule has 130 valence electrons. The normalized spacial score (nSPS) is 12.3. The third kappa shape index (κ3) is 3.04. The average Bonchev–Trinajstić information content (AvgIpc) is 3.13. The van der Waals surface area contributed by atoms with E-state index in [1.807, 2.05) is 48.5 Å². The summed E-state index contributed by atoms with van der Waals surface area (Å²) in [6.07, 6.45) is 2.00. The van der Waals surface area contributed by atoms with E-state index < -0.39 is 0 Å². The Kier molecular flexibility index (Phi) is 4.58. The second-order valence-corrected chi connectivity index (χ2v) is 7.09. The van der Waals surface area contributed by atoms with Crippen LogP contribution in [0.4, 0.5) is 0 Å². The summed E-state index contributed by atoms with van der Waals surface area (Å²) in [5.74, 6) is 0.160. The number of hydrogen-bond acceptors (Lipinski definition) is 5. The molecule has 0 aliphatic rings. The van der Waals surface area contributed by atoms with Crippen molar-refractivity contribution in [3.63, 3.8) is 0 Å². The molecule has 2 aromatic heterocycles. The number of benzene rings is 2. The smallest absolute Gasteiger partial charge is 0.265 e. The molecule has 0 spiro atoms. The fraction of sp³-hybridized carbons (Fsp3) is 0.200. The van der Waals surface area contributed by atoms with Crippen molar-refractivity contribution in [3.8, 4) is 11.3 Å². The molecule has 2 heterocycles. The van der Waals surface area contributed by atoms with Crippen molar-refractivity contribution in [1.29, 1.82) is 0 Å². The Morgan fingerprint density at radius 1 is 1.00 bits per heavy atom. The number of hydrogen-bond donors (Lipinski definition) is 0. The monoisotopic (exact) mass is 362 g/mol. The van der Waals surface area contributed by atoms with E-state index in [2.05, 4.69) is 34.4 Å². The summed E-state index contributed by atoms with van der Waals surface area (Å²) in [5.41, 5.74) is 2.05. The molecule has 0 aliphatic carbocycles. The molecule has 4 aromatic rings. The summed E-state index contributed by atoms with van der Waals surface area (Å²) in [6, 6.07) is 19.7. The van der Waals surface area contributed by atoms with Crippen molar-refractivity contribution < 1.29 is 0 Å². The second kappa shape index (κ2) is 7.17. The molecule has 0 unspecified atom stereocenters. The first-order chi connectivity index (χ1) is 12.8. The average molecular weight is 362 g/mol. The summed E-state index contributed by atoms with van der Waals surface area (Å²) in [5, 5.41) is 13.9. The summed E-state index contributed by atoms with van der Waals surface area (Å²) in [6.45, 7) is 2.16. The summed E-state index contributed by atoms with van der Waals surface area (Å²) in [7, 11) is 0. The molecule has 2 aromatic carbocycles. The van der Waals surface area contributed by atoms with Crippen molar-refractivity contribution in [2.75, 3.05) is 0 Å². The van der Waals surface area contributed by atoms with Crippen LogP contribution in [0.25, 0.3) is 16.2 Å². The third-order valence-electron chi connectivity index (χ3n) is 4.33. The van der Waals surface area contributed by atoms with Gasteiger partial charge >= 0.3 is 5.56 Å². The Bertz CT molecular complexity index is 1070. The summed E-state index contributed by atoms with van der Waals surface area (Å²) in [4.78, 5) is 13.4. The van der Waals surface area contributed by atoms with E-state index in [1.165, 1.54) is 21.4 Å². The van der Waals surface area contributed by atoms with E-state index in [9.17, 15) is 4.79 Å². The Morgan fingerprint density at radius 2 is 1.69 bits per heavy atom. The topological polar surface area (TPSA) is 60.2 Å². The minimum absolute atomic E-state index is 0.160. The van der Waals surface area contributed by atoms with E-state index in [0.717, 1.165) is 23.4 Å². The van der Waals surface area contributed by atoms with Gasteiger partial charge in [0.15, 0.2) is 5.69 Å². The fourth-order valence-electron chi connectivity index (χ4n) is 3.05. The van der Waals surface area contributed by atoms with Gasteiger partial charge < -0.3 is 0 Å². The van der Waals surface area contributed by atoms with E-state index >= 15 is 0 Å². The molecule has 0 saturated heterocycles. The van der Waals surface area contributed by atoms with Crippen molar-refractivity contribution in [2.24, 2.45) is 0 Å². The van der Waals surface area contributed by atoms with Crippen LogP contribution in [0, 0.1) is 0 Å². The van der Waals surface area contributed by atoms with Crippen LogP contribution in [0.1, 0.15) is 36.3 Å². The highest BCUT2D eigenvalue weighted by Gasteiger charge is 2.20. The highest BCUT2D eigenvalue weighted by Crippen LogP contribution is 2.31. The van der Waals surface area contributed by atoms with Gasteiger partial charge in [-0.15, -0.1) is 10.2 Å². The quantitative estimate of drug-likeness (QED) is 0.535. The van der Waals surface area contributed by atoms with E-state index in [-0.39, 0.29) is 11.5 Å². The molecule has 0 N–H and O–H groups in total. The first-order valence-corrected chi connectivity index (χ1v) is 9.46. The van der Waals surface area contributed by atoms with Crippen LogP contribution >= 0.6 is 11.3 Å². The molecular weight excluding hydrogens is 344 g/mol. The van der Waals surface area contributed by atoms with E-state index in [0.29, 0.717) is 10.7 Å². The van der Waals surface area contributed by atoms with Gasteiger partial charge in [0, 0.05) is 11.5 Å². The van der Waals surface area contributed by atoms with Gasteiger partial charge in [-0.1, -0.05) is 85.3 Å². The van der Waals surface area contributed by atoms with Gasteiger partial charge in [0.05, 0.1) is 0 Å². The van der Waals surface area contributed by atoms with Crippen molar-refractivity contribution >= 4 is 16.3 Å². The fourth-order valence-corrected chi connectivity index (χ4v) is 4.05. The van der Waals surface area contributed by atoms with Gasteiger partial charge in [0.25, 0.3) is 0 Å². The summed E-state index contributed by atoms with van der Waals surface area (Å²) >= 11 is 1.44. The maximum Gasteiger partial charge on any atom is 0.302 e. The third-order valence-corrected chi connectivity index (χ3v) is 5.34. The molecule has 5 nitrogen and oxygen atoms in total. The largest absolute Gasteiger partial charge is 0.302 e. The lowest BCUT2D eigenvalue weighted by molar-refractivity contribution is 0.676. The molecule has 0 aliphatic heterocycles. The molecule has 0 amide bonds. The number of nitrogens with zero attached hydrogens (tertiary/aromatic N) is 4. The molecular formula is C20H18N4OS. The molecule has 1 atom stereocenters. The van der Waals surface area contributed by atoms with Crippen LogP contribution in [0.5, 0.6) is 0 Å². The van der Waals surface area contributed by atoms with Crippen molar-refractivity contribution in [3.05, 3.63) is 81.6 Å². The first-order valence-electron chi connectivity index (χ1n) is 8.64. The molecule has 4 rings (SSSR count). The van der Waals surface area contributed by atoms with Crippen LogP contribution in [-0.4, -0.2) is 19.8 Å². The van der Waals surface area contributed by atoms with Crippen LogP contribution in [-0.2, 0) is 0 Å². The standard InChI is InChI=1S/C20H18N4OS/c1-2-9-16(14-10-5-3-6-11-14)18-23-24-19(25)17(21-22-20(24)26-18)15-12-7-4-8-13-15/h3-8,10-13,16H,2,9H2,1H3/t16-/m1/s1. The predicted molar refractivity (Wildman–Crippen MR) is 104 cm³/mol. The lowest BCUT2D eigenvalue weighted by atomic mass is 9.95. The molecule has 26 heavy (non-hydrogen) atoms. The molecule has 0 saturated carbocycles. The number of rotatable bonds is 5. The maximum absolute atomic E-state index is 12.9. The Hall–Kier alpha value is -2.86. The van der Waals surface area contributed by atoms with Gasteiger partial charge in [0.1, 0.15) is 5.01 Å². The van der Waals surface area contributed by atoms with Gasteiger partial charge in [-0.3, -0.25) is 4.79 Å². The second-order valence-electron chi connectivity index (χ2n) is 6.11. The number of aromatic nitrogens is 4. The summed E-state index contributed by atoms with van der Waals surface area (Å²) < 4.78 is 1.39. The first kappa shape index (κ1) is 16.6. The Balaban J connectivity index is 1.82. The lowest BCUT2D eigenvalue weighted by Gasteiger charge is -2.12. The van der Waals surface area contributed by atoms with Gasteiger partial charge in [-0.2, -0.15) is 9.61 Å². The van der Waals surface area contributed by atoms with Crippen molar-refractivity contribution in [1.82, 2.24) is 19.8 Å². The lowest BCUT2D eigenvalue weighted by Crippen LogP contribution is -2.19. The van der Waals surface area contributed by atoms with E-state index in [1.54, 1.807) is 0 Å². The van der Waals surface area contributed by atoms with E-state index in [4.69, 9.17) is 0 Å². The van der Waals surface area contributed by atoms with Gasteiger partial charge in [-0.25, -0.2) is 0 Å². The highest BCUT2D eigenvalue weighted by atomic mass is 32.1. The molecule has 0 bridgehead atoms. The van der Waals surface area contributed by atoms with Gasteiger partial charge in [0.2, 0.25) is 4.96 Å². The Labute approximate surface area is 155 Å². The SMILES string of the molecule is CCC[C@H](c1ccccc1)c1nn2c(=O)c(-c3ccccc3)nnc2s1. The number of fused-ring (bicyclic) bond motifs is 1. The molecule has 6 heteroatoms. The van der Waals surface area contributed by atoms with Crippen LogP contribution in [0.3, 0.4) is 0 Å². The van der Waals surface area contributed by atoms with Crippen LogP contribution < -0.4 is 5.56 Å². The molecule has 0 radical (unpaired) electrons. The minimum Gasteiger partial charge on any atom is -0.265 e. The highest BCUT2D eigenvalue weighted by molar-refractivity contribution is 7.16. The van der Waals surface area contributed by atoms with Crippen LogP contribution in [0.2, 0.25) is 0 Å². The minimum atomic E-state index is -0.230. The zero-order chi connectivity index (χ0) is 17.9. The van der Waals surface area contributed by atoms with Crippen molar-refractivity contribution in [2.45, 2.75) is 25.7 Å². The predicted octanol–water partition coefficient (Wildman–Crippen LogP) is 4.15. The molecule has 0 fully saturated rings. The zero-order valence-electron chi connectivity index (χ0n) is 14.4. The maximum atomic E-state index is 12.9. The van der Waals surface area contributed by atoms with Gasteiger partial charge in [-0.05, 0) is 12.0 Å². The Morgan fingerprint density at radius 3 is 2.38 bits per heavy atom.